The molecule has 0 rings (SSSR count). The molecule has 0 aliphatic rings. The van der Waals surface area contributed by atoms with Crippen molar-refractivity contribution < 1.29 is 39.5 Å². The number of carboxylic acid groups (broad SMARTS) is 1. The minimum atomic E-state index is -0.885. The second-order valence-corrected chi connectivity index (χ2v) is 17.1. The molecule has 0 aromatic carbocycles. The van der Waals surface area contributed by atoms with E-state index in [0.717, 1.165) is 19.5 Å². The van der Waals surface area contributed by atoms with E-state index in [0.29, 0.717) is 0 Å². The number of hydrogen-bond donors (Lipinski definition) is 0. The van der Waals surface area contributed by atoms with Crippen molar-refractivity contribution in [3.63, 3.8) is 0 Å². The Morgan fingerprint density at radius 2 is 0.547 bits per heavy atom. The van der Waals surface area contributed by atoms with Crippen LogP contribution in [-0.4, -0.2) is 30.0 Å². The topological polar surface area (TPSA) is 43.4 Å². The third kappa shape index (κ3) is 45.0. The molecule has 3 nitrogen and oxygen atoms in total. The smallest absolute Gasteiger partial charge is 0.550 e. The molecule has 0 heterocycles. The first-order chi connectivity index (χ1) is 25.7. The third-order valence-corrected chi connectivity index (χ3v) is 12.0. The molecular formula is C49H98NNaO2. The fourth-order valence-corrected chi connectivity index (χ4v) is 8.34. The zero-order chi connectivity index (χ0) is 37.8. The summed E-state index contributed by atoms with van der Waals surface area (Å²) in [5, 5.41) is 11.5. The fourth-order valence-electron chi connectivity index (χ4n) is 8.34. The van der Waals surface area contributed by atoms with Crippen LogP contribution in [0.2, 0.25) is 0 Å². The van der Waals surface area contributed by atoms with Crippen molar-refractivity contribution in [3.8, 4) is 0 Å². The van der Waals surface area contributed by atoms with Crippen molar-refractivity contribution in [1.82, 2.24) is 4.90 Å². The molecule has 0 amide bonds. The van der Waals surface area contributed by atoms with Crippen molar-refractivity contribution in [3.05, 3.63) is 0 Å². The van der Waals surface area contributed by atoms with E-state index in [1.165, 1.54) is 257 Å². The van der Waals surface area contributed by atoms with Crippen LogP contribution in [0, 0.1) is 0 Å². The average Bonchev–Trinajstić information content (AvgIpc) is 3.14. The second-order valence-electron chi connectivity index (χ2n) is 17.1. The summed E-state index contributed by atoms with van der Waals surface area (Å²) >= 11 is 0. The van der Waals surface area contributed by atoms with Crippen LogP contribution in [0.3, 0.4) is 0 Å². The molecule has 1 atom stereocenters. The summed E-state index contributed by atoms with van der Waals surface area (Å²) in [4.78, 5) is 13.9. The average molecular weight is 756 g/mol. The molecule has 0 spiro atoms. The monoisotopic (exact) mass is 756 g/mol. The van der Waals surface area contributed by atoms with Crippen molar-refractivity contribution in [2.24, 2.45) is 0 Å². The van der Waals surface area contributed by atoms with Gasteiger partial charge in [-0.25, -0.2) is 0 Å². The minimum Gasteiger partial charge on any atom is -0.550 e. The molecule has 0 radical (unpaired) electrons. The van der Waals surface area contributed by atoms with Crippen LogP contribution in [0.1, 0.15) is 290 Å². The van der Waals surface area contributed by atoms with Crippen LogP contribution in [0.4, 0.5) is 0 Å². The molecule has 4 heteroatoms. The number of nitrogens with zero attached hydrogens (tertiary/aromatic N) is 1. The van der Waals surface area contributed by atoms with Gasteiger partial charge in [0.1, 0.15) is 0 Å². The molecule has 0 N–H and O–H groups in total. The van der Waals surface area contributed by atoms with E-state index in [2.05, 4.69) is 25.7 Å². The summed E-state index contributed by atoms with van der Waals surface area (Å²) in [5.41, 5.74) is 0. The van der Waals surface area contributed by atoms with Gasteiger partial charge in [-0.3, -0.25) is 0 Å². The molecule has 0 aliphatic carbocycles. The fraction of sp³-hybridized carbons (Fsp3) is 0.980. The van der Waals surface area contributed by atoms with Gasteiger partial charge in [0, 0.05) is 18.4 Å². The van der Waals surface area contributed by atoms with E-state index in [1.807, 2.05) is 0 Å². The first-order valence-corrected chi connectivity index (χ1v) is 24.6. The Hall–Kier alpha value is 0.430. The largest absolute Gasteiger partial charge is 1.00 e. The van der Waals surface area contributed by atoms with Gasteiger partial charge in [-0.15, -0.1) is 0 Å². The Balaban J connectivity index is 0. The molecule has 0 aromatic rings. The van der Waals surface area contributed by atoms with E-state index < -0.39 is 5.97 Å². The van der Waals surface area contributed by atoms with Crippen molar-refractivity contribution in [2.45, 2.75) is 296 Å². The van der Waals surface area contributed by atoms with Gasteiger partial charge in [-0.05, 0) is 32.4 Å². The molecule has 312 valence electrons. The Labute approximate surface area is 357 Å². The first-order valence-electron chi connectivity index (χ1n) is 24.6. The molecule has 0 bridgehead atoms. The van der Waals surface area contributed by atoms with Gasteiger partial charge < -0.3 is 14.8 Å². The number of aliphatic carboxylic acids is 1. The van der Waals surface area contributed by atoms with Crippen molar-refractivity contribution in [2.75, 3.05) is 13.1 Å². The van der Waals surface area contributed by atoms with E-state index in [1.54, 1.807) is 0 Å². The van der Waals surface area contributed by atoms with Gasteiger partial charge in [-0.1, -0.05) is 265 Å². The van der Waals surface area contributed by atoms with Crippen LogP contribution in [0.5, 0.6) is 0 Å². The summed E-state index contributed by atoms with van der Waals surface area (Å²) in [5.74, 6) is -0.885. The van der Waals surface area contributed by atoms with E-state index >= 15 is 0 Å². The van der Waals surface area contributed by atoms with Crippen molar-refractivity contribution in [1.29, 1.82) is 0 Å². The Morgan fingerprint density at radius 1 is 0.358 bits per heavy atom. The van der Waals surface area contributed by atoms with Gasteiger partial charge in [0.25, 0.3) is 0 Å². The number of rotatable bonds is 46. The van der Waals surface area contributed by atoms with Crippen LogP contribution in [-0.2, 0) is 4.79 Å². The summed E-state index contributed by atoms with van der Waals surface area (Å²) in [6, 6.07) is 0.144. The standard InChI is InChI=1S/C49H99NO2.Na/c1-4-7-9-11-13-15-17-19-21-23-25-27-29-31-33-35-37-39-41-43-45-50(48(6-3)47-49(51)52)46-44-42-40-38-36-34-32-30-28-26-24-22-20-18-16-14-12-10-8-5-2;/h48H,4-47H2,1-3H3,(H,51,52);/q;+1/p-1. The molecule has 0 aliphatic heterocycles. The van der Waals surface area contributed by atoms with Gasteiger partial charge in [0.15, 0.2) is 0 Å². The van der Waals surface area contributed by atoms with Crippen LogP contribution in [0.25, 0.3) is 0 Å². The van der Waals surface area contributed by atoms with Crippen LogP contribution in [0.15, 0.2) is 0 Å². The predicted octanol–water partition coefficient (Wildman–Crippen LogP) is 12.9. The SMILES string of the molecule is CCCCCCCCCCCCCCCCCCCCCCN(CCCCCCCCCCCCCCCCCCCCCC)C(CC)CC(=O)[O-].[Na+]. The van der Waals surface area contributed by atoms with E-state index in [9.17, 15) is 9.90 Å². The summed E-state index contributed by atoms with van der Waals surface area (Å²) in [6.45, 7) is 8.87. The zero-order valence-corrected chi connectivity index (χ0v) is 39.5. The minimum absolute atomic E-state index is 0. The summed E-state index contributed by atoms with van der Waals surface area (Å²) in [7, 11) is 0. The predicted molar refractivity (Wildman–Crippen MR) is 231 cm³/mol. The van der Waals surface area contributed by atoms with Gasteiger partial charge >= 0.3 is 29.6 Å². The Morgan fingerprint density at radius 3 is 0.717 bits per heavy atom. The number of carbonyl (C=O) groups excluding carboxylic acids is 1. The molecule has 0 aromatic heterocycles. The van der Waals surface area contributed by atoms with Crippen molar-refractivity contribution >= 4 is 5.97 Å². The Bertz CT molecular complexity index is 629. The maximum atomic E-state index is 11.5. The normalized spacial score (nSPS) is 12.1. The number of carbonyl (C=O) groups is 1. The van der Waals surface area contributed by atoms with Gasteiger partial charge in [0.05, 0.1) is 0 Å². The first kappa shape index (κ1) is 55.5. The van der Waals surface area contributed by atoms with Gasteiger partial charge in [-0.2, -0.15) is 0 Å². The summed E-state index contributed by atoms with van der Waals surface area (Å²) in [6.07, 6.45) is 57.5. The number of unbranched alkanes of at least 4 members (excludes halogenated alkanes) is 38. The van der Waals surface area contributed by atoms with E-state index in [4.69, 9.17) is 0 Å². The maximum absolute atomic E-state index is 11.5. The summed E-state index contributed by atoms with van der Waals surface area (Å²) < 4.78 is 0. The molecule has 0 fully saturated rings. The number of carboxylic acids is 1. The molecule has 0 saturated carbocycles. The molecular weight excluding hydrogens is 658 g/mol. The Kier molecular flexibility index (Phi) is 50.9. The number of hydrogen-bond acceptors (Lipinski definition) is 3. The quantitative estimate of drug-likeness (QED) is 0.0459. The zero-order valence-electron chi connectivity index (χ0n) is 37.5. The second kappa shape index (κ2) is 48.6. The van der Waals surface area contributed by atoms with E-state index in [-0.39, 0.29) is 42.0 Å². The van der Waals surface area contributed by atoms with Crippen LogP contribution >= 0.6 is 0 Å². The molecule has 0 saturated heterocycles. The van der Waals surface area contributed by atoms with Gasteiger partial charge in [0.2, 0.25) is 0 Å². The molecule has 1 unspecified atom stereocenters. The van der Waals surface area contributed by atoms with Crippen LogP contribution < -0.4 is 34.7 Å². The third-order valence-electron chi connectivity index (χ3n) is 12.0. The maximum Gasteiger partial charge on any atom is 1.00 e. The molecule has 53 heavy (non-hydrogen) atoms.